The van der Waals surface area contributed by atoms with Crippen LogP contribution in [0.15, 0.2) is 0 Å². The lowest BCUT2D eigenvalue weighted by Gasteiger charge is -2.21. The number of thiazole rings is 1. The van der Waals surface area contributed by atoms with Gasteiger partial charge in [-0.2, -0.15) is 0 Å². The molecule has 1 aliphatic heterocycles. The smallest absolute Gasteiger partial charge is 0.347 e. The maximum absolute atomic E-state index is 11.2. The van der Waals surface area contributed by atoms with Crippen molar-refractivity contribution in [2.45, 2.75) is 50.5 Å². The van der Waals surface area contributed by atoms with Crippen molar-refractivity contribution in [3.63, 3.8) is 0 Å². The molecule has 1 aliphatic carbocycles. The second kappa shape index (κ2) is 4.97. The number of carbonyl (C=O) groups is 1. The lowest BCUT2D eigenvalue weighted by atomic mass is 10.1. The fourth-order valence-electron chi connectivity index (χ4n) is 2.42. The summed E-state index contributed by atoms with van der Waals surface area (Å²) >= 11 is 1.34. The molecule has 0 aromatic carbocycles. The average Bonchev–Trinajstić information content (AvgIpc) is 3.12. The van der Waals surface area contributed by atoms with E-state index in [9.17, 15) is 9.90 Å². The first-order chi connectivity index (χ1) is 8.74. The Morgan fingerprint density at radius 2 is 2.22 bits per heavy atom. The third-order valence-electron chi connectivity index (χ3n) is 3.53. The molecule has 1 aromatic rings. The second-order valence-corrected chi connectivity index (χ2v) is 6.18. The van der Waals surface area contributed by atoms with Gasteiger partial charge in [-0.1, -0.05) is 0 Å². The Morgan fingerprint density at radius 1 is 1.39 bits per heavy atom. The molecular formula is C13H17NO3S. The summed E-state index contributed by atoms with van der Waals surface area (Å²) in [5, 5.41) is 10.1. The Bertz CT molecular complexity index is 447. The number of aromatic nitrogens is 1. The zero-order valence-corrected chi connectivity index (χ0v) is 11.0. The largest absolute Gasteiger partial charge is 0.477 e. The quantitative estimate of drug-likeness (QED) is 0.911. The van der Waals surface area contributed by atoms with Gasteiger partial charge in [-0.05, 0) is 32.1 Å². The number of hydrogen-bond donors (Lipinski definition) is 1. The van der Waals surface area contributed by atoms with E-state index in [2.05, 4.69) is 4.98 Å². The van der Waals surface area contributed by atoms with Gasteiger partial charge in [-0.15, -0.1) is 11.3 Å². The van der Waals surface area contributed by atoms with E-state index in [1.54, 1.807) is 0 Å². The molecule has 0 bridgehead atoms. The second-order valence-electron chi connectivity index (χ2n) is 5.09. The third-order valence-corrected chi connectivity index (χ3v) is 4.61. The molecule has 1 aromatic heterocycles. The summed E-state index contributed by atoms with van der Waals surface area (Å²) in [6.07, 6.45) is 6.60. The Balaban J connectivity index is 1.75. The van der Waals surface area contributed by atoms with E-state index < -0.39 is 5.97 Å². The molecule has 4 nitrogen and oxygen atoms in total. The Kier molecular flexibility index (Phi) is 3.35. The number of carboxylic acids is 1. The highest BCUT2D eigenvalue weighted by atomic mass is 32.1. The fraction of sp³-hybridized carbons (Fsp3) is 0.692. The van der Waals surface area contributed by atoms with Crippen LogP contribution in [0.4, 0.5) is 0 Å². The van der Waals surface area contributed by atoms with Crippen LogP contribution in [0.1, 0.15) is 58.4 Å². The van der Waals surface area contributed by atoms with E-state index in [0.717, 1.165) is 49.4 Å². The molecule has 0 radical (unpaired) electrons. The highest BCUT2D eigenvalue weighted by Gasteiger charge is 2.32. The molecule has 5 heteroatoms. The maximum Gasteiger partial charge on any atom is 0.347 e. The third kappa shape index (κ3) is 2.57. The lowest BCUT2D eigenvalue weighted by molar-refractivity contribution is 0.0167. The molecule has 1 unspecified atom stereocenters. The summed E-state index contributed by atoms with van der Waals surface area (Å²) in [5.41, 5.74) is 0.818. The van der Waals surface area contributed by atoms with Crippen LogP contribution in [-0.4, -0.2) is 28.8 Å². The van der Waals surface area contributed by atoms with Gasteiger partial charge in [0.15, 0.2) is 0 Å². The molecule has 2 aliphatic rings. The van der Waals surface area contributed by atoms with Gasteiger partial charge in [-0.3, -0.25) is 0 Å². The van der Waals surface area contributed by atoms with E-state index in [1.165, 1.54) is 17.8 Å². The summed E-state index contributed by atoms with van der Waals surface area (Å²) in [5.74, 6) is -0.432. The van der Waals surface area contributed by atoms with Gasteiger partial charge in [0.25, 0.3) is 0 Å². The monoisotopic (exact) mass is 267 g/mol. The first-order valence-electron chi connectivity index (χ1n) is 6.58. The topological polar surface area (TPSA) is 59.4 Å². The molecular weight excluding hydrogens is 250 g/mol. The summed E-state index contributed by atoms with van der Waals surface area (Å²) in [7, 11) is 0. The maximum atomic E-state index is 11.2. The van der Waals surface area contributed by atoms with E-state index >= 15 is 0 Å². The number of aromatic carboxylic acids is 1. The van der Waals surface area contributed by atoms with Crippen LogP contribution in [-0.2, 0) is 11.2 Å². The first kappa shape index (κ1) is 12.1. The normalized spacial score (nSPS) is 24.1. The van der Waals surface area contributed by atoms with Crippen molar-refractivity contribution in [3.05, 3.63) is 15.6 Å². The van der Waals surface area contributed by atoms with Gasteiger partial charge in [-0.25, -0.2) is 9.78 Å². The Labute approximate surface area is 110 Å². The van der Waals surface area contributed by atoms with Gasteiger partial charge < -0.3 is 9.84 Å². The Morgan fingerprint density at radius 3 is 2.83 bits per heavy atom. The van der Waals surface area contributed by atoms with Crippen LogP contribution in [0, 0.1) is 0 Å². The lowest BCUT2D eigenvalue weighted by Crippen LogP contribution is -2.21. The van der Waals surface area contributed by atoms with Crippen LogP contribution in [0.5, 0.6) is 0 Å². The molecule has 0 spiro atoms. The Hall–Kier alpha value is -0.940. The van der Waals surface area contributed by atoms with Crippen molar-refractivity contribution in [2.24, 2.45) is 0 Å². The van der Waals surface area contributed by atoms with E-state index in [4.69, 9.17) is 4.74 Å². The zero-order valence-electron chi connectivity index (χ0n) is 10.2. The van der Waals surface area contributed by atoms with E-state index in [-0.39, 0.29) is 6.10 Å². The molecule has 3 rings (SSSR count). The molecule has 2 heterocycles. The van der Waals surface area contributed by atoms with Gasteiger partial charge in [0, 0.05) is 18.9 Å². The summed E-state index contributed by atoms with van der Waals surface area (Å²) < 4.78 is 5.69. The number of ether oxygens (including phenoxy) is 1. The molecule has 0 amide bonds. The highest BCUT2D eigenvalue weighted by molar-refractivity contribution is 7.13. The van der Waals surface area contributed by atoms with Gasteiger partial charge in [0.2, 0.25) is 0 Å². The van der Waals surface area contributed by atoms with Crippen molar-refractivity contribution in [1.29, 1.82) is 0 Å². The number of rotatable bonds is 4. The molecule has 1 saturated heterocycles. The highest BCUT2D eigenvalue weighted by Crippen LogP contribution is 2.42. The predicted molar refractivity (Wildman–Crippen MR) is 68.3 cm³/mol. The van der Waals surface area contributed by atoms with Crippen LogP contribution in [0.3, 0.4) is 0 Å². The average molecular weight is 267 g/mol. The molecule has 1 N–H and O–H groups in total. The molecule has 98 valence electrons. The SMILES string of the molecule is O=C(O)c1sc(CC2CCCCO2)nc1C1CC1. The summed E-state index contributed by atoms with van der Waals surface area (Å²) in [6, 6.07) is 0. The van der Waals surface area contributed by atoms with Gasteiger partial charge in [0.05, 0.1) is 16.8 Å². The summed E-state index contributed by atoms with van der Waals surface area (Å²) in [6.45, 7) is 0.831. The van der Waals surface area contributed by atoms with Crippen LogP contribution >= 0.6 is 11.3 Å². The van der Waals surface area contributed by atoms with E-state index in [1.807, 2.05) is 0 Å². The number of carboxylic acid groups (broad SMARTS) is 1. The van der Waals surface area contributed by atoms with Crippen molar-refractivity contribution in [3.8, 4) is 0 Å². The van der Waals surface area contributed by atoms with Gasteiger partial charge >= 0.3 is 5.97 Å². The zero-order chi connectivity index (χ0) is 12.5. The van der Waals surface area contributed by atoms with Gasteiger partial charge in [0.1, 0.15) is 4.88 Å². The predicted octanol–water partition coefficient (Wildman–Crippen LogP) is 2.83. The van der Waals surface area contributed by atoms with Crippen LogP contribution in [0.25, 0.3) is 0 Å². The molecule has 18 heavy (non-hydrogen) atoms. The number of hydrogen-bond acceptors (Lipinski definition) is 4. The van der Waals surface area contributed by atoms with Crippen molar-refractivity contribution in [1.82, 2.24) is 4.98 Å². The first-order valence-corrected chi connectivity index (χ1v) is 7.40. The molecule has 2 fully saturated rings. The minimum atomic E-state index is -0.829. The van der Waals surface area contributed by atoms with Crippen molar-refractivity contribution in [2.75, 3.05) is 6.61 Å². The van der Waals surface area contributed by atoms with Crippen molar-refractivity contribution >= 4 is 17.3 Å². The molecule has 1 saturated carbocycles. The standard InChI is InChI=1S/C13H17NO3S/c15-13(16)12-11(8-4-5-8)14-10(18-12)7-9-3-1-2-6-17-9/h8-9H,1-7H2,(H,15,16). The fourth-order valence-corrected chi connectivity index (χ4v) is 3.47. The minimum absolute atomic E-state index is 0.235. The summed E-state index contributed by atoms with van der Waals surface area (Å²) in [4.78, 5) is 16.2. The van der Waals surface area contributed by atoms with E-state index in [0.29, 0.717) is 10.8 Å². The molecule has 1 atom stereocenters. The van der Waals surface area contributed by atoms with Crippen molar-refractivity contribution < 1.29 is 14.6 Å². The minimum Gasteiger partial charge on any atom is -0.477 e. The van der Waals surface area contributed by atoms with Crippen LogP contribution < -0.4 is 0 Å². The number of nitrogens with zero attached hydrogens (tertiary/aromatic N) is 1. The van der Waals surface area contributed by atoms with Crippen LogP contribution in [0.2, 0.25) is 0 Å².